The highest BCUT2D eigenvalue weighted by molar-refractivity contribution is 5.91. The summed E-state index contributed by atoms with van der Waals surface area (Å²) < 4.78 is 26.1. The van der Waals surface area contributed by atoms with Crippen LogP contribution in [0.2, 0.25) is 0 Å². The number of carbonyl (C=O) groups is 1. The maximum Gasteiger partial charge on any atom is 0.340 e. The highest BCUT2D eigenvalue weighted by Gasteiger charge is 2.36. The highest BCUT2D eigenvalue weighted by atomic mass is 19.1. The van der Waals surface area contributed by atoms with Gasteiger partial charge in [-0.15, -0.1) is 0 Å². The van der Waals surface area contributed by atoms with E-state index in [1.807, 2.05) is 20.8 Å². The number of carbonyl (C=O) groups excluding carboxylic acids is 1. The van der Waals surface area contributed by atoms with Crippen molar-refractivity contribution in [1.82, 2.24) is 5.32 Å². The van der Waals surface area contributed by atoms with Gasteiger partial charge in [0, 0.05) is 24.6 Å². The number of nitrogens with one attached hydrogen (secondary N) is 1. The zero-order valence-corrected chi connectivity index (χ0v) is 14.9. The minimum absolute atomic E-state index is 0.0157. The fourth-order valence-electron chi connectivity index (χ4n) is 3.11. The van der Waals surface area contributed by atoms with Crippen LogP contribution in [0.1, 0.15) is 61.0 Å². The fourth-order valence-corrected chi connectivity index (χ4v) is 3.11. The maximum absolute atomic E-state index is 15.2. The number of methoxy groups -OCH3 is 1. The predicted octanol–water partition coefficient (Wildman–Crippen LogP) is 3.39. The molecule has 3 rings (SSSR count). The number of rotatable bonds is 5. The van der Waals surface area contributed by atoms with Crippen LogP contribution in [0.15, 0.2) is 6.07 Å². The molecule has 0 atom stereocenters. The van der Waals surface area contributed by atoms with Crippen molar-refractivity contribution in [2.45, 2.75) is 44.9 Å². The zero-order valence-electron chi connectivity index (χ0n) is 14.9. The van der Waals surface area contributed by atoms with Gasteiger partial charge in [0.25, 0.3) is 0 Å². The standard InChI is InChI=1S/C19H26FNO3/c1-19(2,3)15-16(20)14(18(22)23-4)7-13(12-5-6-12)17(15)24-10-11-8-21-9-11/h7,11-12,21H,5-6,8-10H2,1-4H3. The first-order chi connectivity index (χ1) is 11.3. The van der Waals surface area contributed by atoms with Gasteiger partial charge >= 0.3 is 5.97 Å². The summed E-state index contributed by atoms with van der Waals surface area (Å²) in [6.45, 7) is 8.29. The van der Waals surface area contributed by atoms with Gasteiger partial charge in [-0.05, 0) is 35.8 Å². The van der Waals surface area contributed by atoms with E-state index in [1.165, 1.54) is 7.11 Å². The Bertz CT molecular complexity index is 643. The van der Waals surface area contributed by atoms with Crippen molar-refractivity contribution in [3.05, 3.63) is 28.6 Å². The second-order valence-corrected chi connectivity index (χ2v) is 7.88. The van der Waals surface area contributed by atoms with Gasteiger partial charge in [0.1, 0.15) is 11.6 Å². The van der Waals surface area contributed by atoms with Gasteiger partial charge in [-0.1, -0.05) is 20.8 Å². The van der Waals surface area contributed by atoms with E-state index in [0.717, 1.165) is 31.5 Å². The molecule has 1 aromatic carbocycles. The lowest BCUT2D eigenvalue weighted by molar-refractivity contribution is 0.0594. The Morgan fingerprint density at radius 3 is 2.46 bits per heavy atom. The van der Waals surface area contributed by atoms with E-state index in [9.17, 15) is 4.79 Å². The van der Waals surface area contributed by atoms with Gasteiger partial charge in [0.2, 0.25) is 0 Å². The van der Waals surface area contributed by atoms with Crippen LogP contribution in [0.4, 0.5) is 4.39 Å². The Hall–Kier alpha value is -1.62. The van der Waals surface area contributed by atoms with Crippen molar-refractivity contribution in [1.29, 1.82) is 0 Å². The molecule has 1 N–H and O–H groups in total. The van der Waals surface area contributed by atoms with Gasteiger partial charge in [-0.3, -0.25) is 0 Å². The van der Waals surface area contributed by atoms with Crippen LogP contribution >= 0.6 is 0 Å². The van der Waals surface area contributed by atoms with E-state index in [2.05, 4.69) is 5.32 Å². The SMILES string of the molecule is COC(=O)c1cc(C2CC2)c(OCC2CNC2)c(C(C)(C)C)c1F. The van der Waals surface area contributed by atoms with E-state index in [4.69, 9.17) is 9.47 Å². The lowest BCUT2D eigenvalue weighted by atomic mass is 9.82. The topological polar surface area (TPSA) is 47.6 Å². The molecule has 24 heavy (non-hydrogen) atoms. The third-order valence-electron chi connectivity index (χ3n) is 4.75. The molecule has 1 aromatic rings. The average Bonchev–Trinajstić information content (AvgIpc) is 3.28. The minimum atomic E-state index is -0.630. The summed E-state index contributed by atoms with van der Waals surface area (Å²) in [6, 6.07) is 1.64. The van der Waals surface area contributed by atoms with Crippen LogP contribution in [0, 0.1) is 11.7 Å². The molecule has 1 aliphatic carbocycles. The normalized spacial score (nSPS) is 18.2. The molecule has 4 nitrogen and oxygen atoms in total. The second kappa shape index (κ2) is 6.36. The first kappa shape index (κ1) is 17.2. The molecule has 0 unspecified atom stereocenters. The molecule has 1 heterocycles. The van der Waals surface area contributed by atoms with Crippen molar-refractivity contribution in [2.75, 3.05) is 26.8 Å². The summed E-state index contributed by atoms with van der Waals surface area (Å²) in [7, 11) is 1.28. The van der Waals surface area contributed by atoms with Crippen LogP contribution in [-0.4, -0.2) is 32.8 Å². The van der Waals surface area contributed by atoms with Crippen molar-refractivity contribution in [2.24, 2.45) is 5.92 Å². The molecule has 0 amide bonds. The predicted molar refractivity (Wildman–Crippen MR) is 90.3 cm³/mol. The number of hydrogen-bond donors (Lipinski definition) is 1. The summed E-state index contributed by atoms with van der Waals surface area (Å²) >= 11 is 0. The highest BCUT2D eigenvalue weighted by Crippen LogP contribution is 2.49. The molecular formula is C19H26FNO3. The Morgan fingerprint density at radius 2 is 2.00 bits per heavy atom. The molecule has 132 valence electrons. The summed E-state index contributed by atoms with van der Waals surface area (Å²) in [5.74, 6) is 0.315. The summed E-state index contributed by atoms with van der Waals surface area (Å²) in [5.41, 5.74) is 0.987. The molecule has 0 radical (unpaired) electrons. The molecule has 0 spiro atoms. The van der Waals surface area contributed by atoms with Crippen molar-refractivity contribution < 1.29 is 18.7 Å². The molecule has 0 aromatic heterocycles. The quantitative estimate of drug-likeness (QED) is 0.838. The van der Waals surface area contributed by atoms with Crippen LogP contribution in [0.3, 0.4) is 0 Å². The Balaban J connectivity index is 2.08. The third-order valence-corrected chi connectivity index (χ3v) is 4.75. The monoisotopic (exact) mass is 335 g/mol. The van der Waals surface area contributed by atoms with Gasteiger partial charge in [-0.2, -0.15) is 0 Å². The Morgan fingerprint density at radius 1 is 1.33 bits per heavy atom. The number of benzene rings is 1. The lowest BCUT2D eigenvalue weighted by Gasteiger charge is -2.30. The van der Waals surface area contributed by atoms with E-state index in [0.29, 0.717) is 29.8 Å². The molecule has 1 saturated carbocycles. The smallest absolute Gasteiger partial charge is 0.340 e. The zero-order chi connectivity index (χ0) is 17.5. The minimum Gasteiger partial charge on any atom is -0.492 e. The Kier molecular flexibility index (Phi) is 4.56. The number of ether oxygens (including phenoxy) is 2. The summed E-state index contributed by atoms with van der Waals surface area (Å²) in [4.78, 5) is 12.0. The molecule has 0 bridgehead atoms. The van der Waals surface area contributed by atoms with Crippen molar-refractivity contribution in [3.8, 4) is 5.75 Å². The first-order valence-electron chi connectivity index (χ1n) is 8.61. The number of esters is 1. The first-order valence-corrected chi connectivity index (χ1v) is 8.61. The summed E-state index contributed by atoms with van der Waals surface area (Å²) in [6.07, 6.45) is 2.11. The van der Waals surface area contributed by atoms with Gasteiger partial charge in [-0.25, -0.2) is 9.18 Å². The Labute approximate surface area is 142 Å². The van der Waals surface area contributed by atoms with E-state index >= 15 is 4.39 Å². The van der Waals surface area contributed by atoms with Crippen molar-refractivity contribution in [3.63, 3.8) is 0 Å². The van der Waals surface area contributed by atoms with Crippen LogP contribution in [0.25, 0.3) is 0 Å². The van der Waals surface area contributed by atoms with Gasteiger partial charge < -0.3 is 14.8 Å². The van der Waals surface area contributed by atoms with Gasteiger partial charge in [0.15, 0.2) is 0 Å². The largest absolute Gasteiger partial charge is 0.492 e. The molecular weight excluding hydrogens is 309 g/mol. The van der Waals surface area contributed by atoms with E-state index < -0.39 is 17.2 Å². The number of halogens is 1. The molecule has 2 aliphatic rings. The average molecular weight is 335 g/mol. The van der Waals surface area contributed by atoms with Crippen molar-refractivity contribution >= 4 is 5.97 Å². The third kappa shape index (κ3) is 3.27. The maximum atomic E-state index is 15.2. The molecule has 2 fully saturated rings. The van der Waals surface area contributed by atoms with Crippen LogP contribution in [0.5, 0.6) is 5.75 Å². The van der Waals surface area contributed by atoms with Crippen LogP contribution < -0.4 is 10.1 Å². The van der Waals surface area contributed by atoms with Gasteiger partial charge in [0.05, 0.1) is 19.3 Å². The molecule has 1 aliphatic heterocycles. The lowest BCUT2D eigenvalue weighted by Crippen LogP contribution is -2.45. The van der Waals surface area contributed by atoms with Crippen LogP contribution in [-0.2, 0) is 10.2 Å². The van der Waals surface area contributed by atoms with E-state index in [1.54, 1.807) is 6.07 Å². The van der Waals surface area contributed by atoms with E-state index in [-0.39, 0.29) is 5.56 Å². The fraction of sp³-hybridized carbons (Fsp3) is 0.632. The molecule has 1 saturated heterocycles. The molecule has 5 heteroatoms. The summed E-state index contributed by atoms with van der Waals surface area (Å²) in [5, 5.41) is 3.22. The number of hydrogen-bond acceptors (Lipinski definition) is 4. The second-order valence-electron chi connectivity index (χ2n) is 7.88.